The van der Waals surface area contributed by atoms with Crippen LogP contribution in [-0.2, 0) is 30.0 Å². The zero-order valence-corrected chi connectivity index (χ0v) is 41.0. The number of aldehydes is 1. The number of piperidine rings is 2. The summed E-state index contributed by atoms with van der Waals surface area (Å²) in [7, 11) is 0. The molecule has 4 fully saturated rings. The van der Waals surface area contributed by atoms with E-state index < -0.39 is 28.9 Å². The van der Waals surface area contributed by atoms with Gasteiger partial charge in [-0.3, -0.25) is 19.3 Å². The highest BCUT2D eigenvalue weighted by Gasteiger charge is 2.53. The third-order valence-electron chi connectivity index (χ3n) is 14.3. The average Bonchev–Trinajstić information content (AvgIpc) is 4.09. The molecule has 2 aliphatic carbocycles. The summed E-state index contributed by atoms with van der Waals surface area (Å²) < 4.78 is 58.8. The van der Waals surface area contributed by atoms with Crippen molar-refractivity contribution in [3.63, 3.8) is 0 Å². The molecule has 384 valence electrons. The molecule has 15 nitrogen and oxygen atoms in total. The van der Waals surface area contributed by atoms with Gasteiger partial charge in [-0.15, -0.1) is 0 Å². The maximum atomic E-state index is 13.4. The Balaban J connectivity index is 0.000000153. The van der Waals surface area contributed by atoms with Crippen LogP contribution in [0.1, 0.15) is 120 Å². The van der Waals surface area contributed by atoms with Crippen LogP contribution in [0.4, 0.5) is 29.3 Å². The number of hydrogen-bond donors (Lipinski definition) is 5. The van der Waals surface area contributed by atoms with Gasteiger partial charge in [-0.1, -0.05) is 18.6 Å². The van der Waals surface area contributed by atoms with Crippen molar-refractivity contribution in [3.8, 4) is 23.0 Å². The van der Waals surface area contributed by atoms with Crippen molar-refractivity contribution in [2.24, 2.45) is 0 Å². The fourth-order valence-corrected chi connectivity index (χ4v) is 10.2. The van der Waals surface area contributed by atoms with Gasteiger partial charge in [0.05, 0.1) is 16.9 Å². The standard InChI is InChI=1S/C29H33N3O5.C24H25N3O3.C2HF3O/c1-28(2,3)37-27(34)32-13-5-4-6-23(32)22-15-18-14-20(8-9-21(18)31-22)30-26(33)29(11-12-29)19-7-10-24-25(16-19)36-17-35-24;28-23(24(8-9-24)16-4-7-21-22(13-16)30-14-29-21)26-17-5-6-18-15(11-17)12-20(27-18)19-3-1-2-10-25-19;3-2(4,5)1-6/h7-10,14-16,23,31H,4-6,11-13,17H2,1-3H3,(H,30,33);4-7,11-13,19,25,27H,1-3,8-10,14H2,(H,26,28);1H. The normalized spacial score (nSPS) is 19.9. The molecule has 0 radical (unpaired) electrons. The van der Waals surface area contributed by atoms with E-state index in [1.54, 1.807) is 0 Å². The molecule has 5 N–H and O–H groups in total. The molecule has 4 aliphatic heterocycles. The lowest BCUT2D eigenvalue weighted by atomic mass is 9.94. The van der Waals surface area contributed by atoms with Gasteiger partial charge in [0.1, 0.15) is 5.60 Å². The maximum Gasteiger partial charge on any atom is 0.446 e. The van der Waals surface area contributed by atoms with Gasteiger partial charge in [0.15, 0.2) is 23.0 Å². The molecule has 2 saturated heterocycles. The highest BCUT2D eigenvalue weighted by atomic mass is 19.4. The summed E-state index contributed by atoms with van der Waals surface area (Å²) in [6, 6.07) is 28.2. The van der Waals surface area contributed by atoms with Crippen LogP contribution in [0.15, 0.2) is 84.9 Å². The number of carbonyl (C=O) groups excluding carboxylic acids is 4. The predicted octanol–water partition coefficient (Wildman–Crippen LogP) is 11.2. The van der Waals surface area contributed by atoms with Gasteiger partial charge in [-0.05, 0) is 169 Å². The number of halogens is 3. The number of nitrogens with one attached hydrogen (secondary N) is 5. The molecular weight excluding hydrogens is 946 g/mol. The Hall–Kier alpha value is -7.21. The Labute approximate surface area is 419 Å². The highest BCUT2D eigenvalue weighted by Crippen LogP contribution is 2.52. The molecule has 6 aromatic rings. The Bertz CT molecular complexity index is 3050. The summed E-state index contributed by atoms with van der Waals surface area (Å²) in [6.45, 7) is 7.88. The van der Waals surface area contributed by atoms with Crippen molar-refractivity contribution in [2.45, 2.75) is 120 Å². The molecule has 6 aliphatic rings. The molecule has 0 bridgehead atoms. The fourth-order valence-electron chi connectivity index (χ4n) is 10.2. The minimum absolute atomic E-state index is 0.00939. The second-order valence-electron chi connectivity index (χ2n) is 20.6. The lowest BCUT2D eigenvalue weighted by molar-refractivity contribution is -0.156. The molecule has 6 heterocycles. The number of alkyl halides is 3. The van der Waals surface area contributed by atoms with Crippen LogP contribution in [0.25, 0.3) is 21.8 Å². The molecule has 2 saturated carbocycles. The van der Waals surface area contributed by atoms with Gasteiger partial charge in [0, 0.05) is 57.2 Å². The van der Waals surface area contributed by atoms with Crippen LogP contribution in [0.2, 0.25) is 0 Å². The van der Waals surface area contributed by atoms with Crippen molar-refractivity contribution in [1.29, 1.82) is 0 Å². The lowest BCUT2D eigenvalue weighted by Crippen LogP contribution is -2.42. The largest absolute Gasteiger partial charge is 0.454 e. The average molecular weight is 1010 g/mol. The van der Waals surface area contributed by atoms with E-state index in [0.29, 0.717) is 18.3 Å². The molecule has 2 aromatic heterocycles. The predicted molar refractivity (Wildman–Crippen MR) is 267 cm³/mol. The number of aromatic nitrogens is 2. The Morgan fingerprint density at radius 2 is 1.16 bits per heavy atom. The number of aromatic amines is 2. The molecule has 73 heavy (non-hydrogen) atoms. The van der Waals surface area contributed by atoms with E-state index in [2.05, 4.69) is 50.2 Å². The van der Waals surface area contributed by atoms with Crippen LogP contribution in [0, 0.1) is 0 Å². The number of amides is 3. The first-order chi connectivity index (χ1) is 35.0. The summed E-state index contributed by atoms with van der Waals surface area (Å²) in [4.78, 5) is 57.0. The quantitative estimate of drug-likeness (QED) is 0.0919. The zero-order valence-electron chi connectivity index (χ0n) is 41.0. The third kappa shape index (κ3) is 10.8. The molecule has 2 unspecified atom stereocenters. The second-order valence-corrected chi connectivity index (χ2v) is 20.6. The van der Waals surface area contributed by atoms with E-state index in [1.165, 1.54) is 18.5 Å². The number of likely N-dealkylation sites (tertiary alicyclic amines) is 1. The minimum Gasteiger partial charge on any atom is -0.454 e. The Kier molecular flexibility index (Phi) is 13.3. The number of hydrogen-bond acceptors (Lipinski definition) is 10. The van der Waals surface area contributed by atoms with Crippen LogP contribution in [0.3, 0.4) is 0 Å². The third-order valence-corrected chi connectivity index (χ3v) is 14.3. The first-order valence-corrected chi connectivity index (χ1v) is 24.9. The van der Waals surface area contributed by atoms with Crippen molar-refractivity contribution < 1.29 is 56.0 Å². The molecule has 0 spiro atoms. The first kappa shape index (κ1) is 49.4. The molecule has 12 rings (SSSR count). The Morgan fingerprint density at radius 1 is 0.658 bits per heavy atom. The van der Waals surface area contributed by atoms with Gasteiger partial charge < -0.3 is 49.6 Å². The number of carbonyl (C=O) groups is 4. The minimum atomic E-state index is -4.64. The van der Waals surface area contributed by atoms with E-state index >= 15 is 0 Å². The number of ether oxygens (including phenoxy) is 5. The summed E-state index contributed by atoms with van der Waals surface area (Å²) in [5, 5.41) is 12.0. The number of H-pyrrole nitrogens is 2. The monoisotopic (exact) mass is 1000 g/mol. The topological polar surface area (TPSA) is 185 Å². The summed E-state index contributed by atoms with van der Waals surface area (Å²) in [5.41, 5.74) is 6.30. The molecule has 3 amide bonds. The first-order valence-electron chi connectivity index (χ1n) is 24.9. The number of fused-ring (bicyclic) bond motifs is 4. The Morgan fingerprint density at radius 3 is 1.66 bits per heavy atom. The fraction of sp³-hybridized carbons (Fsp3) is 0.418. The van der Waals surface area contributed by atoms with Gasteiger partial charge in [-0.2, -0.15) is 13.2 Å². The summed E-state index contributed by atoms with van der Waals surface area (Å²) in [6.07, 6.45) is 3.91. The second kappa shape index (κ2) is 19.7. The van der Waals surface area contributed by atoms with E-state index in [0.717, 1.165) is 125 Å². The van der Waals surface area contributed by atoms with Gasteiger partial charge in [0.2, 0.25) is 31.7 Å². The van der Waals surface area contributed by atoms with Gasteiger partial charge >= 0.3 is 12.3 Å². The van der Waals surface area contributed by atoms with Crippen LogP contribution < -0.4 is 34.9 Å². The van der Waals surface area contributed by atoms with Gasteiger partial charge in [-0.25, -0.2) is 4.79 Å². The van der Waals surface area contributed by atoms with E-state index in [9.17, 15) is 27.6 Å². The lowest BCUT2D eigenvalue weighted by Gasteiger charge is -2.36. The number of rotatable bonds is 8. The molecular formula is C55H59F3N6O9. The zero-order chi connectivity index (χ0) is 51.1. The molecule has 4 aromatic carbocycles. The van der Waals surface area contributed by atoms with Crippen molar-refractivity contribution in [1.82, 2.24) is 20.2 Å². The maximum absolute atomic E-state index is 13.4. The van der Waals surface area contributed by atoms with Crippen molar-refractivity contribution >= 4 is 57.4 Å². The number of anilines is 2. The molecule has 2 atom stereocenters. The van der Waals surface area contributed by atoms with E-state index in [4.69, 9.17) is 28.5 Å². The smallest absolute Gasteiger partial charge is 0.446 e. The van der Waals surface area contributed by atoms with Crippen LogP contribution in [0.5, 0.6) is 23.0 Å². The number of benzene rings is 4. The van der Waals surface area contributed by atoms with Crippen LogP contribution in [-0.4, -0.2) is 77.5 Å². The summed E-state index contributed by atoms with van der Waals surface area (Å²) >= 11 is 0. The van der Waals surface area contributed by atoms with E-state index in [-0.39, 0.29) is 37.5 Å². The number of nitrogens with zero attached hydrogens (tertiary/aromatic N) is 1. The summed E-state index contributed by atoms with van der Waals surface area (Å²) in [5.74, 6) is 2.92. The van der Waals surface area contributed by atoms with Crippen molar-refractivity contribution in [3.05, 3.63) is 107 Å². The van der Waals surface area contributed by atoms with Gasteiger partial charge in [0.25, 0.3) is 0 Å². The molecule has 18 heteroatoms. The highest BCUT2D eigenvalue weighted by molar-refractivity contribution is 6.03. The van der Waals surface area contributed by atoms with Crippen LogP contribution >= 0.6 is 0 Å². The van der Waals surface area contributed by atoms with E-state index in [1.807, 2.05) is 86.3 Å². The SMILES string of the molecule is CC(C)(C)OC(=O)N1CCCCC1c1cc2cc(NC(=O)C3(c4ccc5c(c4)OCO5)CC3)ccc2[nH]1.O=C(Nc1ccc2[nH]c(C3CCCCN3)cc2c1)C1(c2ccc3c(c2)OCO3)CC1.O=CC(F)(F)F. The van der Waals surface area contributed by atoms with Crippen molar-refractivity contribution in [2.75, 3.05) is 37.3 Å².